The molecule has 0 amide bonds. The average Bonchev–Trinajstić information content (AvgIpc) is 2.29. The molecule has 0 unspecified atom stereocenters. The normalized spacial score (nSPS) is 25.5. The molecule has 0 bridgehead atoms. The molecule has 0 fully saturated rings. The molecule has 4 nitrogen and oxygen atoms in total. The summed E-state index contributed by atoms with van der Waals surface area (Å²) >= 11 is 0. The number of ether oxygens (including phenoxy) is 2. The lowest BCUT2D eigenvalue weighted by Gasteiger charge is -2.30. The van der Waals surface area contributed by atoms with Gasteiger partial charge in [-0.3, -0.25) is 0 Å². The number of aliphatic hydroxyl groups excluding tert-OH is 2. The van der Waals surface area contributed by atoms with E-state index in [4.69, 9.17) is 9.47 Å². The van der Waals surface area contributed by atoms with Crippen molar-refractivity contribution in [2.75, 3.05) is 33.0 Å². The molecule has 0 aromatic carbocycles. The molecule has 0 aromatic heterocycles. The lowest BCUT2D eigenvalue weighted by atomic mass is 9.91. The first-order valence-electron chi connectivity index (χ1n) is 5.43. The van der Waals surface area contributed by atoms with Gasteiger partial charge in [-0.05, 0) is 18.4 Å². The summed E-state index contributed by atoms with van der Waals surface area (Å²) in [4.78, 5) is 0. The third kappa shape index (κ3) is 2.17. The Bertz CT molecular complexity index is 255. The van der Waals surface area contributed by atoms with Gasteiger partial charge in [0.15, 0.2) is 0 Å². The Labute approximate surface area is 89.5 Å². The van der Waals surface area contributed by atoms with Gasteiger partial charge in [-0.2, -0.15) is 0 Å². The zero-order valence-corrected chi connectivity index (χ0v) is 8.87. The molecule has 1 heterocycles. The van der Waals surface area contributed by atoms with Crippen LogP contribution in [0.1, 0.15) is 19.3 Å². The number of hydrogen-bond acceptors (Lipinski definition) is 4. The van der Waals surface area contributed by atoms with E-state index in [9.17, 15) is 10.2 Å². The molecule has 2 aliphatic rings. The van der Waals surface area contributed by atoms with Gasteiger partial charge in [-0.1, -0.05) is 0 Å². The van der Waals surface area contributed by atoms with Crippen molar-refractivity contribution in [2.24, 2.45) is 5.41 Å². The van der Waals surface area contributed by atoms with Gasteiger partial charge in [0.2, 0.25) is 0 Å². The quantitative estimate of drug-likeness (QED) is 0.700. The van der Waals surface area contributed by atoms with Crippen LogP contribution in [0.5, 0.6) is 0 Å². The van der Waals surface area contributed by atoms with Gasteiger partial charge >= 0.3 is 0 Å². The highest BCUT2D eigenvalue weighted by atomic mass is 16.5. The molecular formula is C11H18O4. The van der Waals surface area contributed by atoms with Crippen molar-refractivity contribution in [3.8, 4) is 0 Å². The Balaban J connectivity index is 2.05. The van der Waals surface area contributed by atoms with E-state index >= 15 is 0 Å². The first-order valence-corrected chi connectivity index (χ1v) is 5.43. The summed E-state index contributed by atoms with van der Waals surface area (Å²) in [5, 5.41) is 18.6. The van der Waals surface area contributed by atoms with E-state index in [-0.39, 0.29) is 13.2 Å². The predicted octanol–water partition coefficient (Wildman–Crippen LogP) is 0.442. The second-order valence-electron chi connectivity index (χ2n) is 4.43. The van der Waals surface area contributed by atoms with Gasteiger partial charge < -0.3 is 19.7 Å². The molecular weight excluding hydrogens is 196 g/mol. The fourth-order valence-electron chi connectivity index (χ4n) is 1.84. The van der Waals surface area contributed by atoms with Crippen LogP contribution in [0.3, 0.4) is 0 Å². The maximum atomic E-state index is 9.28. The number of hydrogen-bond donors (Lipinski definition) is 2. The van der Waals surface area contributed by atoms with E-state index in [1.165, 1.54) is 5.57 Å². The maximum absolute atomic E-state index is 9.28. The summed E-state index contributed by atoms with van der Waals surface area (Å²) in [6.07, 6.45) is 3.01. The fourth-order valence-corrected chi connectivity index (χ4v) is 1.84. The van der Waals surface area contributed by atoms with E-state index in [0.29, 0.717) is 19.8 Å². The van der Waals surface area contributed by atoms with Crippen LogP contribution in [0.15, 0.2) is 11.3 Å². The molecule has 86 valence electrons. The lowest BCUT2D eigenvalue weighted by Crippen LogP contribution is -2.39. The topological polar surface area (TPSA) is 58.9 Å². The average molecular weight is 214 g/mol. The molecule has 4 heteroatoms. The SMILES string of the molecule is OCC1(CO)COCCC2=C(CC2)OC1. The smallest absolute Gasteiger partial charge is 0.1000 e. The van der Waals surface area contributed by atoms with Crippen LogP contribution in [-0.2, 0) is 9.47 Å². The van der Waals surface area contributed by atoms with Crippen LogP contribution < -0.4 is 0 Å². The summed E-state index contributed by atoms with van der Waals surface area (Å²) in [6.45, 7) is 1.15. The first kappa shape index (κ1) is 10.9. The predicted molar refractivity (Wildman–Crippen MR) is 54.3 cm³/mol. The number of allylic oxidation sites excluding steroid dienone is 1. The van der Waals surface area contributed by atoms with E-state index in [0.717, 1.165) is 25.0 Å². The summed E-state index contributed by atoms with van der Waals surface area (Å²) in [5.74, 6) is 1.05. The van der Waals surface area contributed by atoms with Gasteiger partial charge in [0.05, 0.1) is 44.2 Å². The van der Waals surface area contributed by atoms with Crippen LogP contribution in [0, 0.1) is 5.41 Å². The minimum Gasteiger partial charge on any atom is -0.497 e. The Morgan fingerprint density at radius 3 is 2.47 bits per heavy atom. The van der Waals surface area contributed by atoms with Gasteiger partial charge in [-0.15, -0.1) is 0 Å². The molecule has 0 saturated heterocycles. The molecule has 1 aliphatic heterocycles. The van der Waals surface area contributed by atoms with Crippen molar-refractivity contribution in [1.29, 1.82) is 0 Å². The van der Waals surface area contributed by atoms with Crippen LogP contribution >= 0.6 is 0 Å². The molecule has 1 aliphatic carbocycles. The van der Waals surface area contributed by atoms with Crippen molar-refractivity contribution in [1.82, 2.24) is 0 Å². The molecule has 0 saturated carbocycles. The Morgan fingerprint density at radius 1 is 1.07 bits per heavy atom. The molecule has 0 radical (unpaired) electrons. The van der Waals surface area contributed by atoms with Crippen LogP contribution in [0.25, 0.3) is 0 Å². The van der Waals surface area contributed by atoms with Crippen molar-refractivity contribution < 1.29 is 19.7 Å². The fraction of sp³-hybridized carbons (Fsp3) is 0.818. The molecule has 0 spiro atoms. The second kappa shape index (κ2) is 4.51. The van der Waals surface area contributed by atoms with Gasteiger partial charge in [0, 0.05) is 6.42 Å². The Morgan fingerprint density at radius 2 is 1.87 bits per heavy atom. The van der Waals surface area contributed by atoms with Crippen molar-refractivity contribution >= 4 is 0 Å². The zero-order chi connectivity index (χ0) is 10.7. The van der Waals surface area contributed by atoms with Crippen LogP contribution in [0.2, 0.25) is 0 Å². The zero-order valence-electron chi connectivity index (χ0n) is 8.87. The molecule has 15 heavy (non-hydrogen) atoms. The molecule has 2 N–H and O–H groups in total. The monoisotopic (exact) mass is 214 g/mol. The number of rotatable bonds is 2. The summed E-state index contributed by atoms with van der Waals surface area (Å²) in [6, 6.07) is 0. The van der Waals surface area contributed by atoms with Gasteiger partial charge in [0.1, 0.15) is 0 Å². The summed E-state index contributed by atoms with van der Waals surface area (Å²) < 4.78 is 11.1. The van der Waals surface area contributed by atoms with E-state index in [2.05, 4.69) is 0 Å². The Hall–Kier alpha value is -0.580. The van der Waals surface area contributed by atoms with E-state index in [1.54, 1.807) is 0 Å². The summed E-state index contributed by atoms with van der Waals surface area (Å²) in [5.41, 5.74) is 0.694. The van der Waals surface area contributed by atoms with Crippen molar-refractivity contribution in [2.45, 2.75) is 19.3 Å². The highest BCUT2D eigenvalue weighted by Gasteiger charge is 2.33. The number of aliphatic hydroxyl groups is 2. The maximum Gasteiger partial charge on any atom is 0.1000 e. The largest absolute Gasteiger partial charge is 0.497 e. The standard InChI is InChI=1S/C11H18O4/c12-5-11(6-13)7-14-4-3-9-1-2-10(9)15-8-11/h12-13H,1-8H2. The highest BCUT2D eigenvalue weighted by molar-refractivity contribution is 5.19. The minimum absolute atomic E-state index is 0.105. The molecule has 2 rings (SSSR count). The molecule has 0 aromatic rings. The van der Waals surface area contributed by atoms with Crippen LogP contribution in [0.4, 0.5) is 0 Å². The minimum atomic E-state index is -0.641. The third-order valence-corrected chi connectivity index (χ3v) is 3.23. The molecule has 0 atom stereocenters. The van der Waals surface area contributed by atoms with Crippen molar-refractivity contribution in [3.63, 3.8) is 0 Å². The first-order chi connectivity index (χ1) is 7.29. The second-order valence-corrected chi connectivity index (χ2v) is 4.43. The van der Waals surface area contributed by atoms with Gasteiger partial charge in [-0.25, -0.2) is 0 Å². The summed E-state index contributed by atoms with van der Waals surface area (Å²) in [7, 11) is 0. The van der Waals surface area contributed by atoms with Crippen LogP contribution in [-0.4, -0.2) is 43.2 Å². The van der Waals surface area contributed by atoms with Gasteiger partial charge in [0.25, 0.3) is 0 Å². The lowest BCUT2D eigenvalue weighted by molar-refractivity contribution is -0.0616. The van der Waals surface area contributed by atoms with Crippen molar-refractivity contribution in [3.05, 3.63) is 11.3 Å². The van der Waals surface area contributed by atoms with E-state index in [1.807, 2.05) is 0 Å². The van der Waals surface area contributed by atoms with E-state index < -0.39 is 5.41 Å². The Kier molecular flexibility index (Phi) is 3.29. The highest BCUT2D eigenvalue weighted by Crippen LogP contribution is 2.34. The third-order valence-electron chi connectivity index (χ3n) is 3.23.